The lowest BCUT2D eigenvalue weighted by molar-refractivity contribution is -0.0579. The molecule has 0 saturated heterocycles. The van der Waals surface area contributed by atoms with Crippen LogP contribution in [-0.4, -0.2) is 35.0 Å². The highest BCUT2D eigenvalue weighted by atomic mass is 16.5. The SMILES string of the molecule is COc1ccc(C(=O)O[C@@H]2C[C@H]3[C@@H](C=C2C)C(C)(C)CCC[C@]3(C)O)cc1O. The fourth-order valence-corrected chi connectivity index (χ4v) is 4.89. The molecule has 0 bridgehead atoms. The van der Waals surface area contributed by atoms with Gasteiger partial charge >= 0.3 is 5.97 Å². The Labute approximate surface area is 167 Å². The van der Waals surface area contributed by atoms with Crippen LogP contribution < -0.4 is 4.74 Å². The van der Waals surface area contributed by atoms with Gasteiger partial charge in [-0.05, 0) is 74.1 Å². The molecule has 2 aliphatic rings. The first kappa shape index (κ1) is 20.7. The van der Waals surface area contributed by atoms with Crippen molar-refractivity contribution in [3.05, 3.63) is 35.4 Å². The van der Waals surface area contributed by atoms with Gasteiger partial charge in [-0.15, -0.1) is 0 Å². The quantitative estimate of drug-likeness (QED) is 0.590. The highest BCUT2D eigenvalue weighted by Gasteiger charge is 2.49. The summed E-state index contributed by atoms with van der Waals surface area (Å²) < 4.78 is 10.8. The molecule has 1 aromatic rings. The van der Waals surface area contributed by atoms with Crippen LogP contribution in [0.5, 0.6) is 11.5 Å². The Morgan fingerprint density at radius 2 is 1.93 bits per heavy atom. The van der Waals surface area contributed by atoms with E-state index in [-0.39, 0.29) is 34.7 Å². The van der Waals surface area contributed by atoms with Crippen molar-refractivity contribution >= 4 is 5.97 Å². The van der Waals surface area contributed by atoms with E-state index in [0.717, 1.165) is 24.8 Å². The average Bonchev–Trinajstić information content (AvgIpc) is 2.69. The summed E-state index contributed by atoms with van der Waals surface area (Å²) in [6.07, 6.45) is 5.27. The van der Waals surface area contributed by atoms with Crippen LogP contribution in [-0.2, 0) is 4.74 Å². The summed E-state index contributed by atoms with van der Waals surface area (Å²) in [5, 5.41) is 21.0. The molecular formula is C23H32O5. The molecule has 0 amide bonds. The number of aliphatic hydroxyl groups is 1. The third-order valence-electron chi connectivity index (χ3n) is 6.72. The molecule has 5 nitrogen and oxygen atoms in total. The molecule has 5 heteroatoms. The number of phenols is 1. The Balaban J connectivity index is 1.84. The van der Waals surface area contributed by atoms with E-state index in [2.05, 4.69) is 19.9 Å². The number of esters is 1. The molecule has 0 heterocycles. The zero-order chi connectivity index (χ0) is 20.7. The molecular weight excluding hydrogens is 356 g/mol. The molecule has 4 atom stereocenters. The molecule has 1 aromatic carbocycles. The molecule has 28 heavy (non-hydrogen) atoms. The zero-order valence-electron chi connectivity index (χ0n) is 17.5. The van der Waals surface area contributed by atoms with Crippen LogP contribution in [0, 0.1) is 17.3 Å². The molecule has 3 rings (SSSR count). The fraction of sp³-hybridized carbons (Fsp3) is 0.609. The van der Waals surface area contributed by atoms with Gasteiger partial charge in [0.15, 0.2) is 11.5 Å². The van der Waals surface area contributed by atoms with Crippen LogP contribution in [0.25, 0.3) is 0 Å². The van der Waals surface area contributed by atoms with Gasteiger partial charge in [-0.2, -0.15) is 0 Å². The van der Waals surface area contributed by atoms with Crippen molar-refractivity contribution in [1.29, 1.82) is 0 Å². The maximum absolute atomic E-state index is 12.7. The number of hydrogen-bond acceptors (Lipinski definition) is 5. The number of carbonyl (C=O) groups excluding carboxylic acids is 1. The molecule has 1 fully saturated rings. The first-order chi connectivity index (χ1) is 13.0. The third kappa shape index (κ3) is 3.90. The molecule has 0 unspecified atom stereocenters. The van der Waals surface area contributed by atoms with E-state index < -0.39 is 11.6 Å². The fourth-order valence-electron chi connectivity index (χ4n) is 4.89. The van der Waals surface area contributed by atoms with Crippen LogP contribution in [0.3, 0.4) is 0 Å². The Kier molecular flexibility index (Phi) is 5.50. The third-order valence-corrected chi connectivity index (χ3v) is 6.72. The van der Waals surface area contributed by atoms with Crippen molar-refractivity contribution in [2.24, 2.45) is 17.3 Å². The number of ether oxygens (including phenoxy) is 2. The first-order valence-electron chi connectivity index (χ1n) is 10.0. The molecule has 1 saturated carbocycles. The Hall–Kier alpha value is -2.01. The number of allylic oxidation sites excluding steroid dienone is 1. The molecule has 0 aliphatic heterocycles. The van der Waals surface area contributed by atoms with E-state index in [4.69, 9.17) is 9.47 Å². The molecule has 2 N–H and O–H groups in total. The minimum Gasteiger partial charge on any atom is -0.504 e. The highest BCUT2D eigenvalue weighted by molar-refractivity contribution is 5.90. The topological polar surface area (TPSA) is 76.0 Å². The van der Waals surface area contributed by atoms with Gasteiger partial charge < -0.3 is 19.7 Å². The molecule has 0 aromatic heterocycles. The van der Waals surface area contributed by atoms with Gasteiger partial charge in [0.05, 0.1) is 18.3 Å². The zero-order valence-corrected chi connectivity index (χ0v) is 17.5. The van der Waals surface area contributed by atoms with Crippen molar-refractivity contribution in [3.63, 3.8) is 0 Å². The van der Waals surface area contributed by atoms with Gasteiger partial charge in [-0.25, -0.2) is 4.79 Å². The van der Waals surface area contributed by atoms with Gasteiger partial charge in [0.2, 0.25) is 0 Å². The number of carbonyl (C=O) groups is 1. The summed E-state index contributed by atoms with van der Waals surface area (Å²) in [5.74, 6) is 0.0219. The second-order valence-electron chi connectivity index (χ2n) is 9.26. The molecule has 2 aliphatic carbocycles. The van der Waals surface area contributed by atoms with Crippen LogP contribution in [0.1, 0.15) is 63.7 Å². The maximum atomic E-state index is 12.7. The van der Waals surface area contributed by atoms with E-state index in [1.807, 2.05) is 13.8 Å². The summed E-state index contributed by atoms with van der Waals surface area (Å²) in [4.78, 5) is 12.7. The Morgan fingerprint density at radius 3 is 2.57 bits per heavy atom. The smallest absolute Gasteiger partial charge is 0.338 e. The lowest BCUT2D eigenvalue weighted by Crippen LogP contribution is -2.46. The monoisotopic (exact) mass is 388 g/mol. The van der Waals surface area contributed by atoms with E-state index >= 15 is 0 Å². The van der Waals surface area contributed by atoms with Gasteiger partial charge in [-0.3, -0.25) is 0 Å². The standard InChI is InChI=1S/C23H32O5/c1-14-11-16-17(23(4,26)10-6-9-22(16,2)3)13-20(14)28-21(25)15-7-8-19(27-5)18(24)12-15/h7-8,11-12,16-17,20,24,26H,6,9-10,13H2,1-5H3/t16-,17+,20-,23+/m1/s1. The number of aromatic hydroxyl groups is 1. The summed E-state index contributed by atoms with van der Waals surface area (Å²) in [5.41, 5.74) is 0.626. The Morgan fingerprint density at radius 1 is 1.21 bits per heavy atom. The number of rotatable bonds is 3. The Bertz CT molecular complexity index is 777. The maximum Gasteiger partial charge on any atom is 0.338 e. The van der Waals surface area contributed by atoms with E-state index in [1.165, 1.54) is 13.2 Å². The number of fused-ring (bicyclic) bond motifs is 1. The lowest BCUT2D eigenvalue weighted by Gasteiger charge is -2.45. The number of hydrogen-bond donors (Lipinski definition) is 2. The first-order valence-corrected chi connectivity index (χ1v) is 10.0. The van der Waals surface area contributed by atoms with Crippen molar-refractivity contribution < 1.29 is 24.5 Å². The van der Waals surface area contributed by atoms with Gasteiger partial charge in [0, 0.05) is 0 Å². The van der Waals surface area contributed by atoms with Crippen LogP contribution in [0.4, 0.5) is 0 Å². The van der Waals surface area contributed by atoms with Crippen molar-refractivity contribution in [3.8, 4) is 11.5 Å². The van der Waals surface area contributed by atoms with E-state index in [1.54, 1.807) is 12.1 Å². The second kappa shape index (κ2) is 7.43. The number of benzene rings is 1. The predicted octanol–water partition coefficient (Wildman–Crippen LogP) is 4.47. The number of phenolic OH excluding ortho intramolecular Hbond substituents is 1. The average molecular weight is 389 g/mol. The van der Waals surface area contributed by atoms with Gasteiger partial charge in [-0.1, -0.05) is 26.3 Å². The minimum atomic E-state index is -0.779. The summed E-state index contributed by atoms with van der Waals surface area (Å²) in [6.45, 7) is 8.45. The minimum absolute atomic E-state index is 0.0378. The van der Waals surface area contributed by atoms with E-state index in [0.29, 0.717) is 12.2 Å². The summed E-state index contributed by atoms with van der Waals surface area (Å²) in [6, 6.07) is 4.48. The molecule has 0 spiro atoms. The van der Waals surface area contributed by atoms with Crippen molar-refractivity contribution in [2.75, 3.05) is 7.11 Å². The van der Waals surface area contributed by atoms with Crippen LogP contribution >= 0.6 is 0 Å². The van der Waals surface area contributed by atoms with Gasteiger partial charge in [0.25, 0.3) is 0 Å². The second-order valence-corrected chi connectivity index (χ2v) is 9.26. The largest absolute Gasteiger partial charge is 0.504 e. The lowest BCUT2D eigenvalue weighted by atomic mass is 9.62. The summed E-state index contributed by atoms with van der Waals surface area (Å²) >= 11 is 0. The normalized spacial score (nSPS) is 31.9. The van der Waals surface area contributed by atoms with Crippen LogP contribution in [0.2, 0.25) is 0 Å². The summed E-state index contributed by atoms with van der Waals surface area (Å²) in [7, 11) is 1.46. The van der Waals surface area contributed by atoms with Crippen molar-refractivity contribution in [1.82, 2.24) is 0 Å². The van der Waals surface area contributed by atoms with Crippen molar-refractivity contribution in [2.45, 2.75) is 65.1 Å². The van der Waals surface area contributed by atoms with Crippen LogP contribution in [0.15, 0.2) is 29.8 Å². The van der Waals surface area contributed by atoms with E-state index in [9.17, 15) is 15.0 Å². The number of methoxy groups -OCH3 is 1. The molecule has 0 radical (unpaired) electrons. The van der Waals surface area contributed by atoms with Gasteiger partial charge in [0.1, 0.15) is 6.10 Å². The highest BCUT2D eigenvalue weighted by Crippen LogP contribution is 2.51. The molecule has 154 valence electrons. The predicted molar refractivity (Wildman–Crippen MR) is 107 cm³/mol.